The van der Waals surface area contributed by atoms with Crippen molar-refractivity contribution in [2.75, 3.05) is 27.4 Å². The number of nitrogens with zero attached hydrogens (tertiary/aromatic N) is 2. The highest BCUT2D eigenvalue weighted by Gasteiger charge is 2.19. The summed E-state index contributed by atoms with van der Waals surface area (Å²) in [4.78, 5) is 8.50. The summed E-state index contributed by atoms with van der Waals surface area (Å²) in [5, 5.41) is 3.38. The maximum absolute atomic E-state index is 5.22. The summed E-state index contributed by atoms with van der Waals surface area (Å²) < 4.78 is 10.2. The Labute approximate surface area is 103 Å². The van der Waals surface area contributed by atoms with Crippen molar-refractivity contribution in [1.29, 1.82) is 0 Å². The van der Waals surface area contributed by atoms with Crippen LogP contribution in [0.15, 0.2) is 12.4 Å². The van der Waals surface area contributed by atoms with Gasteiger partial charge in [0.2, 0.25) is 5.88 Å². The highest BCUT2D eigenvalue weighted by molar-refractivity contribution is 5.22. The molecule has 0 aliphatic carbocycles. The lowest BCUT2D eigenvalue weighted by atomic mass is 9.99. The average molecular weight is 239 g/mol. The predicted octanol–water partition coefficient (Wildman–Crippen LogP) is 1.21. The standard InChI is InChI=1S/C12H21N3O2/c1-9(10(2)13-7-8-16-3)11-12(17-4)15-6-5-14-11/h5-6,9-10,13H,7-8H2,1-4H3. The second kappa shape index (κ2) is 7.19. The molecular formula is C12H21N3O2. The van der Waals surface area contributed by atoms with Crippen molar-refractivity contribution < 1.29 is 9.47 Å². The average Bonchev–Trinajstić information content (AvgIpc) is 2.38. The Hall–Kier alpha value is -1.20. The molecule has 1 aromatic heterocycles. The van der Waals surface area contributed by atoms with Crippen molar-refractivity contribution in [2.24, 2.45) is 0 Å². The largest absolute Gasteiger partial charge is 0.480 e. The molecule has 0 bridgehead atoms. The maximum Gasteiger partial charge on any atom is 0.235 e. The van der Waals surface area contributed by atoms with Gasteiger partial charge in [0.05, 0.1) is 13.7 Å². The molecule has 0 aromatic carbocycles. The zero-order valence-electron chi connectivity index (χ0n) is 10.9. The highest BCUT2D eigenvalue weighted by atomic mass is 16.5. The topological polar surface area (TPSA) is 56.3 Å². The van der Waals surface area contributed by atoms with E-state index in [0.29, 0.717) is 12.5 Å². The molecule has 5 heteroatoms. The monoisotopic (exact) mass is 239 g/mol. The quantitative estimate of drug-likeness (QED) is 0.725. The van der Waals surface area contributed by atoms with E-state index in [2.05, 4.69) is 29.1 Å². The van der Waals surface area contributed by atoms with Gasteiger partial charge in [-0.1, -0.05) is 6.92 Å². The first-order valence-corrected chi connectivity index (χ1v) is 5.78. The third-order valence-corrected chi connectivity index (χ3v) is 2.84. The minimum atomic E-state index is 0.232. The number of rotatable bonds is 7. The lowest BCUT2D eigenvalue weighted by Gasteiger charge is -2.21. The maximum atomic E-state index is 5.22. The van der Waals surface area contributed by atoms with Gasteiger partial charge in [-0.15, -0.1) is 0 Å². The first-order valence-electron chi connectivity index (χ1n) is 5.78. The van der Waals surface area contributed by atoms with Crippen LogP contribution in [0.3, 0.4) is 0 Å². The van der Waals surface area contributed by atoms with Crippen molar-refractivity contribution >= 4 is 0 Å². The first kappa shape index (κ1) is 13.9. The Kier molecular flexibility index (Phi) is 5.86. The number of nitrogens with one attached hydrogen (secondary N) is 1. The van der Waals surface area contributed by atoms with Crippen LogP contribution in [0, 0.1) is 0 Å². The normalized spacial score (nSPS) is 14.4. The van der Waals surface area contributed by atoms with E-state index in [9.17, 15) is 0 Å². The van der Waals surface area contributed by atoms with Crippen LogP contribution in [0.4, 0.5) is 0 Å². The Morgan fingerprint density at radius 1 is 1.24 bits per heavy atom. The van der Waals surface area contributed by atoms with Gasteiger partial charge in [0.1, 0.15) is 5.69 Å². The number of hydrogen-bond acceptors (Lipinski definition) is 5. The van der Waals surface area contributed by atoms with Gasteiger partial charge >= 0.3 is 0 Å². The number of methoxy groups -OCH3 is 2. The molecule has 1 aromatic rings. The Morgan fingerprint density at radius 2 is 1.94 bits per heavy atom. The third kappa shape index (κ3) is 3.94. The molecule has 0 saturated carbocycles. The summed E-state index contributed by atoms with van der Waals surface area (Å²) in [7, 11) is 3.31. The van der Waals surface area contributed by atoms with E-state index in [1.807, 2.05) is 0 Å². The zero-order chi connectivity index (χ0) is 12.7. The molecule has 2 atom stereocenters. The summed E-state index contributed by atoms with van der Waals surface area (Å²) in [6, 6.07) is 0.288. The van der Waals surface area contributed by atoms with Crippen LogP contribution in [0.2, 0.25) is 0 Å². The molecule has 0 spiro atoms. The van der Waals surface area contributed by atoms with Gasteiger partial charge in [-0.2, -0.15) is 0 Å². The molecule has 1 heterocycles. The number of hydrogen-bond donors (Lipinski definition) is 1. The minimum Gasteiger partial charge on any atom is -0.480 e. The Morgan fingerprint density at radius 3 is 2.59 bits per heavy atom. The molecule has 0 radical (unpaired) electrons. The summed E-state index contributed by atoms with van der Waals surface area (Å²) in [6.07, 6.45) is 3.33. The van der Waals surface area contributed by atoms with Crippen molar-refractivity contribution in [1.82, 2.24) is 15.3 Å². The number of aromatic nitrogens is 2. The van der Waals surface area contributed by atoms with E-state index in [4.69, 9.17) is 9.47 Å². The molecule has 0 fully saturated rings. The van der Waals surface area contributed by atoms with Gasteiger partial charge < -0.3 is 14.8 Å². The number of ether oxygens (including phenoxy) is 2. The lowest BCUT2D eigenvalue weighted by Crippen LogP contribution is -2.33. The van der Waals surface area contributed by atoms with Crippen LogP contribution in [0.25, 0.3) is 0 Å². The zero-order valence-corrected chi connectivity index (χ0v) is 10.9. The molecule has 1 rings (SSSR count). The lowest BCUT2D eigenvalue weighted by molar-refractivity contribution is 0.195. The van der Waals surface area contributed by atoms with Crippen LogP contribution in [0.5, 0.6) is 5.88 Å². The van der Waals surface area contributed by atoms with Crippen molar-refractivity contribution in [2.45, 2.75) is 25.8 Å². The first-order chi connectivity index (χ1) is 8.20. The van der Waals surface area contributed by atoms with Crippen LogP contribution in [0.1, 0.15) is 25.5 Å². The van der Waals surface area contributed by atoms with Crippen LogP contribution in [-0.4, -0.2) is 43.4 Å². The van der Waals surface area contributed by atoms with Crippen molar-refractivity contribution in [3.05, 3.63) is 18.1 Å². The Bertz CT molecular complexity index is 333. The molecule has 17 heavy (non-hydrogen) atoms. The fourth-order valence-electron chi connectivity index (χ4n) is 1.61. The van der Waals surface area contributed by atoms with Crippen molar-refractivity contribution in [3.8, 4) is 5.88 Å². The fraction of sp³-hybridized carbons (Fsp3) is 0.667. The summed E-state index contributed by atoms with van der Waals surface area (Å²) in [5.74, 6) is 0.830. The molecule has 0 aliphatic rings. The second-order valence-electron chi connectivity index (χ2n) is 3.98. The Balaban J connectivity index is 2.64. The molecule has 0 saturated heterocycles. The van der Waals surface area contributed by atoms with Crippen LogP contribution in [-0.2, 0) is 4.74 Å². The van der Waals surface area contributed by atoms with Gasteiger partial charge in [-0.3, -0.25) is 4.98 Å². The van der Waals surface area contributed by atoms with Gasteiger partial charge in [-0.05, 0) is 6.92 Å². The van der Waals surface area contributed by atoms with E-state index in [1.54, 1.807) is 26.6 Å². The van der Waals surface area contributed by atoms with Gasteiger partial charge in [0.15, 0.2) is 0 Å². The van der Waals surface area contributed by atoms with E-state index < -0.39 is 0 Å². The van der Waals surface area contributed by atoms with E-state index in [1.165, 1.54) is 0 Å². The van der Waals surface area contributed by atoms with Crippen LogP contribution < -0.4 is 10.1 Å². The molecule has 96 valence electrons. The van der Waals surface area contributed by atoms with E-state index >= 15 is 0 Å². The molecule has 0 aliphatic heterocycles. The molecule has 1 N–H and O–H groups in total. The summed E-state index contributed by atoms with van der Waals surface area (Å²) in [5.41, 5.74) is 0.882. The smallest absolute Gasteiger partial charge is 0.235 e. The van der Waals surface area contributed by atoms with Crippen molar-refractivity contribution in [3.63, 3.8) is 0 Å². The fourth-order valence-corrected chi connectivity index (χ4v) is 1.61. The SMILES string of the molecule is COCCNC(C)C(C)c1nccnc1OC. The van der Waals surface area contributed by atoms with Gasteiger partial charge in [0.25, 0.3) is 0 Å². The highest BCUT2D eigenvalue weighted by Crippen LogP contribution is 2.23. The molecule has 2 unspecified atom stereocenters. The summed E-state index contributed by atoms with van der Waals surface area (Å²) >= 11 is 0. The van der Waals surface area contributed by atoms with E-state index in [0.717, 1.165) is 12.2 Å². The molecule has 0 amide bonds. The van der Waals surface area contributed by atoms with Gasteiger partial charge in [0, 0.05) is 38.0 Å². The second-order valence-corrected chi connectivity index (χ2v) is 3.98. The van der Waals surface area contributed by atoms with Crippen LogP contribution >= 0.6 is 0 Å². The molecule has 5 nitrogen and oxygen atoms in total. The predicted molar refractivity (Wildman–Crippen MR) is 66.3 cm³/mol. The third-order valence-electron chi connectivity index (χ3n) is 2.84. The minimum absolute atomic E-state index is 0.232. The summed E-state index contributed by atoms with van der Waals surface area (Å²) in [6.45, 7) is 5.75. The van der Waals surface area contributed by atoms with Gasteiger partial charge in [-0.25, -0.2) is 4.98 Å². The van der Waals surface area contributed by atoms with E-state index in [-0.39, 0.29) is 12.0 Å². The molecular weight excluding hydrogens is 218 g/mol.